The molecule has 3 nitrogen and oxygen atoms in total. The first kappa shape index (κ1) is 15.0. The molecule has 0 radical (unpaired) electrons. The highest BCUT2D eigenvalue weighted by Crippen LogP contribution is 2.02. The molecule has 0 fully saturated rings. The molecule has 0 aliphatic heterocycles. The maximum Gasteiger partial charge on any atom is 0.473 e. The molecule has 88 valence electrons. The number of hydrogen-bond donors (Lipinski definition) is 1. The minimum absolute atomic E-state index is 0.761. The monoisotopic (exact) mass is 262 g/mol. The van der Waals surface area contributed by atoms with E-state index in [1.54, 1.807) is 6.55 Å². The van der Waals surface area contributed by atoms with E-state index >= 15 is 0 Å². The van der Waals surface area contributed by atoms with Crippen molar-refractivity contribution in [2.45, 2.75) is 34.2 Å². The van der Waals surface area contributed by atoms with Gasteiger partial charge >= 0.3 is 8.80 Å². The van der Waals surface area contributed by atoms with Crippen LogP contribution in [-0.4, -0.2) is 33.1 Å². The largest absolute Gasteiger partial charge is 0.473 e. The van der Waals surface area contributed by atoms with Crippen molar-refractivity contribution in [3.8, 4) is 0 Å². The van der Waals surface area contributed by atoms with Gasteiger partial charge in [-0.05, 0) is 27.7 Å². The zero-order valence-electron chi connectivity index (χ0n) is 10.3. The Labute approximate surface area is 98.4 Å². The zero-order chi connectivity index (χ0) is 11.9. The predicted octanol–water partition coefficient (Wildman–Crippen LogP) is 0.596. The van der Waals surface area contributed by atoms with Crippen molar-refractivity contribution in [1.82, 2.24) is 0 Å². The van der Waals surface area contributed by atoms with Gasteiger partial charge < -0.3 is 13.0 Å². The number of allylic oxidation sites excluding steroid dienone is 2. The molecule has 0 heterocycles. The second kappa shape index (κ2) is 7.31. The van der Waals surface area contributed by atoms with Crippen molar-refractivity contribution in [2.24, 2.45) is 0 Å². The molecule has 15 heavy (non-hydrogen) atoms. The summed E-state index contributed by atoms with van der Waals surface area (Å²) >= 11 is 0. The molecule has 1 N–H and O–H groups in total. The standard InChI is InChI=1S/C9H22O3Si3/c1-8(2)6-13-11-15(5,10)12-14-7-9(3)4/h6-7,10H,13-14H2,1-5H3. The first-order chi connectivity index (χ1) is 6.83. The van der Waals surface area contributed by atoms with Crippen LogP contribution in [0, 0.1) is 0 Å². The van der Waals surface area contributed by atoms with Gasteiger partial charge in [-0.25, -0.2) is 0 Å². The van der Waals surface area contributed by atoms with Crippen molar-refractivity contribution >= 4 is 28.3 Å². The number of hydrogen-bond acceptors (Lipinski definition) is 3. The second-order valence-corrected chi connectivity index (χ2v) is 9.67. The molecule has 0 unspecified atom stereocenters. The zero-order valence-corrected chi connectivity index (χ0v) is 14.2. The summed E-state index contributed by atoms with van der Waals surface area (Å²) in [7, 11) is -4.33. The Hall–Kier alpha value is 0.0106. The van der Waals surface area contributed by atoms with Crippen molar-refractivity contribution in [3.63, 3.8) is 0 Å². The van der Waals surface area contributed by atoms with Gasteiger partial charge in [-0.15, -0.1) is 0 Å². The fourth-order valence-electron chi connectivity index (χ4n) is 0.768. The van der Waals surface area contributed by atoms with Gasteiger partial charge in [-0.3, -0.25) is 0 Å². The van der Waals surface area contributed by atoms with Crippen LogP contribution in [0.2, 0.25) is 6.55 Å². The predicted molar refractivity (Wildman–Crippen MR) is 72.0 cm³/mol. The quantitative estimate of drug-likeness (QED) is 0.712. The molecule has 0 atom stereocenters. The van der Waals surface area contributed by atoms with Crippen molar-refractivity contribution in [3.05, 3.63) is 22.5 Å². The molecule has 0 aliphatic rings. The van der Waals surface area contributed by atoms with Gasteiger partial charge in [0.05, 0.1) is 0 Å². The Bertz CT molecular complexity index is 217. The maximum atomic E-state index is 9.85. The van der Waals surface area contributed by atoms with Gasteiger partial charge in [0.1, 0.15) is 0 Å². The van der Waals surface area contributed by atoms with Crippen LogP contribution in [0.15, 0.2) is 22.5 Å². The fraction of sp³-hybridized carbons (Fsp3) is 0.556. The molecule has 0 saturated carbocycles. The lowest BCUT2D eigenvalue weighted by atomic mass is 10.4. The van der Waals surface area contributed by atoms with E-state index in [1.807, 2.05) is 27.7 Å². The summed E-state index contributed by atoms with van der Waals surface area (Å²) < 4.78 is 10.9. The SMILES string of the molecule is CC(C)=C[SiH2]O[Si](C)(O)O[SiH2]C=C(C)C. The molecule has 0 aromatic heterocycles. The molecular formula is C9H22O3Si3. The first-order valence-electron chi connectivity index (χ1n) is 5.10. The molecular weight excluding hydrogens is 240 g/mol. The summed E-state index contributed by atoms with van der Waals surface area (Å²) in [6, 6.07) is 0. The van der Waals surface area contributed by atoms with Crippen LogP contribution in [-0.2, 0) is 8.23 Å². The van der Waals surface area contributed by atoms with Crippen LogP contribution in [0.25, 0.3) is 0 Å². The van der Waals surface area contributed by atoms with Gasteiger partial charge in [0, 0.05) is 6.55 Å². The Morgan fingerprint density at radius 3 is 1.60 bits per heavy atom. The van der Waals surface area contributed by atoms with Gasteiger partial charge in [0.2, 0.25) is 0 Å². The normalized spacial score (nSPS) is 15.9. The summed E-state index contributed by atoms with van der Waals surface area (Å²) in [5, 5.41) is 0. The average Bonchev–Trinajstić information content (AvgIpc) is 2.01. The Kier molecular flexibility index (Phi) is 7.32. The third-order valence-corrected chi connectivity index (χ3v) is 9.27. The van der Waals surface area contributed by atoms with E-state index in [4.69, 9.17) is 8.23 Å². The topological polar surface area (TPSA) is 38.7 Å². The number of rotatable bonds is 6. The summed E-state index contributed by atoms with van der Waals surface area (Å²) in [5.74, 6) is 0. The molecule has 0 aromatic rings. The van der Waals surface area contributed by atoms with E-state index < -0.39 is 28.3 Å². The second-order valence-electron chi connectivity index (χ2n) is 4.08. The summed E-state index contributed by atoms with van der Waals surface area (Å²) in [6.45, 7) is 9.83. The lowest BCUT2D eigenvalue weighted by molar-refractivity contribution is 0.276. The third-order valence-electron chi connectivity index (χ3n) is 1.69. The highest BCUT2D eigenvalue weighted by atomic mass is 28.4. The molecule has 0 aliphatic carbocycles. The lowest BCUT2D eigenvalue weighted by Crippen LogP contribution is -2.40. The van der Waals surface area contributed by atoms with E-state index in [1.165, 1.54) is 11.1 Å². The van der Waals surface area contributed by atoms with Crippen LogP contribution in [0.5, 0.6) is 0 Å². The molecule has 0 bridgehead atoms. The third kappa shape index (κ3) is 10.3. The Morgan fingerprint density at radius 2 is 1.33 bits per heavy atom. The van der Waals surface area contributed by atoms with E-state index in [2.05, 4.69) is 11.4 Å². The smallest absolute Gasteiger partial charge is 0.418 e. The van der Waals surface area contributed by atoms with Gasteiger partial charge in [0.15, 0.2) is 19.5 Å². The van der Waals surface area contributed by atoms with Crippen molar-refractivity contribution in [2.75, 3.05) is 0 Å². The minimum atomic E-state index is -2.80. The highest BCUT2D eigenvalue weighted by molar-refractivity contribution is 6.69. The average molecular weight is 263 g/mol. The molecule has 0 aromatic carbocycles. The van der Waals surface area contributed by atoms with Crippen LogP contribution >= 0.6 is 0 Å². The molecule has 0 saturated heterocycles. The maximum absolute atomic E-state index is 9.85. The summed E-state index contributed by atoms with van der Waals surface area (Å²) in [4.78, 5) is 9.85. The molecule has 6 heteroatoms. The van der Waals surface area contributed by atoms with E-state index in [9.17, 15) is 4.80 Å². The summed E-state index contributed by atoms with van der Waals surface area (Å²) in [6.07, 6.45) is 0. The van der Waals surface area contributed by atoms with Crippen LogP contribution in [0.4, 0.5) is 0 Å². The highest BCUT2D eigenvalue weighted by Gasteiger charge is 2.27. The minimum Gasteiger partial charge on any atom is -0.418 e. The van der Waals surface area contributed by atoms with E-state index in [0.29, 0.717) is 0 Å². The van der Waals surface area contributed by atoms with Crippen molar-refractivity contribution in [1.29, 1.82) is 0 Å². The molecule has 0 spiro atoms. The fourth-order valence-corrected chi connectivity index (χ4v) is 5.66. The first-order valence-corrected chi connectivity index (χ1v) is 10.2. The Balaban J connectivity index is 3.86. The molecule has 0 amide bonds. The van der Waals surface area contributed by atoms with E-state index in [-0.39, 0.29) is 0 Å². The van der Waals surface area contributed by atoms with E-state index in [0.717, 1.165) is 0 Å². The molecule has 0 rings (SSSR count). The lowest BCUT2D eigenvalue weighted by Gasteiger charge is -2.19. The van der Waals surface area contributed by atoms with Crippen molar-refractivity contribution < 1.29 is 13.0 Å². The van der Waals surface area contributed by atoms with Crippen LogP contribution in [0.3, 0.4) is 0 Å². The Morgan fingerprint density at radius 1 is 1.00 bits per heavy atom. The van der Waals surface area contributed by atoms with Crippen LogP contribution in [0.1, 0.15) is 27.7 Å². The van der Waals surface area contributed by atoms with Gasteiger partial charge in [-0.1, -0.05) is 22.5 Å². The van der Waals surface area contributed by atoms with Crippen LogP contribution < -0.4 is 0 Å². The van der Waals surface area contributed by atoms with Gasteiger partial charge in [0.25, 0.3) is 0 Å². The van der Waals surface area contributed by atoms with Gasteiger partial charge in [-0.2, -0.15) is 0 Å². The summed E-state index contributed by atoms with van der Waals surface area (Å²) in [5.41, 5.74) is 6.64.